The summed E-state index contributed by atoms with van der Waals surface area (Å²) in [5.74, 6) is -0.566. The maximum atomic E-state index is 10.2. The van der Waals surface area contributed by atoms with E-state index in [0.717, 1.165) is 5.56 Å². The summed E-state index contributed by atoms with van der Waals surface area (Å²) in [6.07, 6.45) is -0.975. The summed E-state index contributed by atoms with van der Waals surface area (Å²) in [6.45, 7) is 1.91. The van der Waals surface area contributed by atoms with Crippen molar-refractivity contribution in [1.82, 2.24) is 0 Å². The number of hydrogen-bond donors (Lipinski definition) is 2. The summed E-state index contributed by atoms with van der Waals surface area (Å²) in [4.78, 5) is 0. The van der Waals surface area contributed by atoms with E-state index < -0.39 is 11.9 Å². The highest BCUT2D eigenvalue weighted by atomic mass is 16.7. The first-order valence-corrected chi connectivity index (χ1v) is 5.28. The van der Waals surface area contributed by atoms with Crippen LogP contribution in [-0.4, -0.2) is 30.2 Å². The zero-order chi connectivity index (χ0) is 12.6. The van der Waals surface area contributed by atoms with Crippen molar-refractivity contribution < 1.29 is 24.4 Å². The number of aliphatic hydroxyl groups excluding tert-OH is 1. The fraction of sp³-hybridized carbons (Fsp3) is 0.500. The Labute approximate surface area is 99.5 Å². The molecule has 5 heteroatoms. The standard InChI is InChI=1S/C12H16O5/c1-12(16-3)11(14)8-4-7(13)5-10(15-2)9(8)6-17-12/h4-5,11,13-14H,6H2,1-3H3/t11-,12+/m1/s1. The van der Waals surface area contributed by atoms with E-state index in [9.17, 15) is 10.2 Å². The average Bonchev–Trinajstić information content (AvgIpc) is 2.33. The molecule has 0 bridgehead atoms. The molecule has 1 aliphatic rings. The summed E-state index contributed by atoms with van der Waals surface area (Å²) >= 11 is 0. The van der Waals surface area contributed by atoms with Crippen molar-refractivity contribution in [2.45, 2.75) is 25.4 Å². The van der Waals surface area contributed by atoms with Gasteiger partial charge in [-0.15, -0.1) is 0 Å². The molecular weight excluding hydrogens is 224 g/mol. The molecule has 0 radical (unpaired) electrons. The van der Waals surface area contributed by atoms with Crippen molar-refractivity contribution in [1.29, 1.82) is 0 Å². The number of hydrogen-bond acceptors (Lipinski definition) is 5. The normalized spacial score (nSPS) is 27.6. The third-order valence-corrected chi connectivity index (χ3v) is 3.15. The first kappa shape index (κ1) is 12.2. The quantitative estimate of drug-likeness (QED) is 0.816. The summed E-state index contributed by atoms with van der Waals surface area (Å²) in [5, 5.41) is 19.8. The second kappa shape index (κ2) is 4.18. The van der Waals surface area contributed by atoms with Crippen LogP contribution in [0.2, 0.25) is 0 Å². The molecule has 0 aromatic heterocycles. The van der Waals surface area contributed by atoms with Crippen LogP contribution in [0.4, 0.5) is 0 Å². The molecule has 1 aliphatic heterocycles. The van der Waals surface area contributed by atoms with E-state index in [0.29, 0.717) is 11.3 Å². The molecule has 2 atom stereocenters. The lowest BCUT2D eigenvalue weighted by Crippen LogP contribution is -2.41. The van der Waals surface area contributed by atoms with E-state index in [-0.39, 0.29) is 12.4 Å². The largest absolute Gasteiger partial charge is 0.508 e. The molecule has 2 N–H and O–H groups in total. The Hall–Kier alpha value is -1.30. The molecule has 1 heterocycles. The van der Waals surface area contributed by atoms with Gasteiger partial charge in [0.25, 0.3) is 0 Å². The highest BCUT2D eigenvalue weighted by Gasteiger charge is 2.41. The van der Waals surface area contributed by atoms with Gasteiger partial charge in [-0.1, -0.05) is 0 Å². The minimum atomic E-state index is -1.11. The highest BCUT2D eigenvalue weighted by Crippen LogP contribution is 2.42. The van der Waals surface area contributed by atoms with Crippen molar-refractivity contribution in [3.8, 4) is 11.5 Å². The number of benzene rings is 1. The number of rotatable bonds is 2. The zero-order valence-corrected chi connectivity index (χ0v) is 10.1. The van der Waals surface area contributed by atoms with Crippen LogP contribution in [0.5, 0.6) is 11.5 Å². The van der Waals surface area contributed by atoms with Crippen LogP contribution in [0.3, 0.4) is 0 Å². The molecule has 2 rings (SSSR count). The lowest BCUT2D eigenvalue weighted by atomic mass is 9.93. The van der Waals surface area contributed by atoms with Crippen molar-refractivity contribution in [2.24, 2.45) is 0 Å². The van der Waals surface area contributed by atoms with Crippen LogP contribution in [0.1, 0.15) is 24.2 Å². The van der Waals surface area contributed by atoms with E-state index in [1.165, 1.54) is 26.4 Å². The molecule has 0 aliphatic carbocycles. The Bertz CT molecular complexity index is 431. The van der Waals surface area contributed by atoms with E-state index in [4.69, 9.17) is 14.2 Å². The third kappa shape index (κ3) is 1.86. The van der Waals surface area contributed by atoms with Gasteiger partial charge in [-0.2, -0.15) is 0 Å². The predicted octanol–water partition coefficient (Wildman–Crippen LogP) is 1.33. The molecular formula is C12H16O5. The van der Waals surface area contributed by atoms with Gasteiger partial charge in [-0.25, -0.2) is 0 Å². The van der Waals surface area contributed by atoms with Gasteiger partial charge >= 0.3 is 0 Å². The Morgan fingerprint density at radius 2 is 2.12 bits per heavy atom. The van der Waals surface area contributed by atoms with Crippen LogP contribution >= 0.6 is 0 Å². The SMILES string of the molecule is COc1cc(O)cc2c1CO[C@](C)(OC)[C@@H]2O. The molecule has 0 unspecified atom stereocenters. The molecule has 0 spiro atoms. The Morgan fingerprint density at radius 3 is 2.71 bits per heavy atom. The number of fused-ring (bicyclic) bond motifs is 1. The highest BCUT2D eigenvalue weighted by molar-refractivity contribution is 5.48. The molecule has 17 heavy (non-hydrogen) atoms. The first-order valence-electron chi connectivity index (χ1n) is 5.28. The lowest BCUT2D eigenvalue weighted by Gasteiger charge is -2.38. The molecule has 0 saturated carbocycles. The van der Waals surface area contributed by atoms with E-state index in [1.54, 1.807) is 6.92 Å². The van der Waals surface area contributed by atoms with Crippen molar-refractivity contribution in [2.75, 3.05) is 14.2 Å². The molecule has 94 valence electrons. The summed E-state index contributed by atoms with van der Waals surface area (Å²) in [7, 11) is 2.97. The van der Waals surface area contributed by atoms with Crippen molar-refractivity contribution in [3.05, 3.63) is 23.3 Å². The first-order chi connectivity index (χ1) is 8.01. The summed E-state index contributed by atoms with van der Waals surface area (Å²) in [5.41, 5.74) is 1.30. The Kier molecular flexibility index (Phi) is 2.99. The van der Waals surface area contributed by atoms with E-state index >= 15 is 0 Å². The minimum absolute atomic E-state index is 0.0417. The van der Waals surface area contributed by atoms with Crippen LogP contribution in [-0.2, 0) is 16.1 Å². The Morgan fingerprint density at radius 1 is 1.41 bits per heavy atom. The average molecular weight is 240 g/mol. The number of phenolic OH excluding ortho intramolecular Hbond substituents is 1. The molecule has 0 saturated heterocycles. The topological polar surface area (TPSA) is 68.2 Å². The Balaban J connectivity index is 2.53. The monoisotopic (exact) mass is 240 g/mol. The van der Waals surface area contributed by atoms with Gasteiger partial charge in [-0.3, -0.25) is 0 Å². The second-order valence-corrected chi connectivity index (χ2v) is 4.13. The second-order valence-electron chi connectivity index (χ2n) is 4.13. The number of methoxy groups -OCH3 is 2. The number of aromatic hydroxyl groups is 1. The van der Waals surface area contributed by atoms with Crippen LogP contribution in [0, 0.1) is 0 Å². The number of aliphatic hydroxyl groups is 1. The van der Waals surface area contributed by atoms with Gasteiger partial charge in [0.1, 0.15) is 17.6 Å². The van der Waals surface area contributed by atoms with Crippen LogP contribution in [0.15, 0.2) is 12.1 Å². The fourth-order valence-electron chi connectivity index (χ4n) is 1.98. The van der Waals surface area contributed by atoms with Gasteiger partial charge in [-0.05, 0) is 18.6 Å². The van der Waals surface area contributed by atoms with Crippen LogP contribution < -0.4 is 4.74 Å². The van der Waals surface area contributed by atoms with Crippen molar-refractivity contribution in [3.63, 3.8) is 0 Å². The predicted molar refractivity (Wildman–Crippen MR) is 59.8 cm³/mol. The molecule has 5 nitrogen and oxygen atoms in total. The third-order valence-electron chi connectivity index (χ3n) is 3.15. The molecule has 0 amide bonds. The van der Waals surface area contributed by atoms with Gasteiger partial charge in [0.05, 0.1) is 13.7 Å². The van der Waals surface area contributed by atoms with Gasteiger partial charge in [0.2, 0.25) is 0 Å². The van der Waals surface area contributed by atoms with Crippen LogP contribution in [0.25, 0.3) is 0 Å². The minimum Gasteiger partial charge on any atom is -0.508 e. The maximum Gasteiger partial charge on any atom is 0.195 e. The van der Waals surface area contributed by atoms with E-state index in [2.05, 4.69) is 0 Å². The summed E-state index contributed by atoms with van der Waals surface area (Å²) < 4.78 is 15.8. The van der Waals surface area contributed by atoms with E-state index in [1.807, 2.05) is 0 Å². The van der Waals surface area contributed by atoms with Crippen molar-refractivity contribution >= 4 is 0 Å². The fourth-order valence-corrected chi connectivity index (χ4v) is 1.98. The maximum absolute atomic E-state index is 10.2. The molecule has 1 aromatic rings. The smallest absolute Gasteiger partial charge is 0.195 e. The lowest BCUT2D eigenvalue weighted by molar-refractivity contribution is -0.277. The number of phenols is 1. The van der Waals surface area contributed by atoms with Gasteiger partial charge in [0.15, 0.2) is 5.79 Å². The number of ether oxygens (including phenoxy) is 3. The van der Waals surface area contributed by atoms with Gasteiger partial charge in [0, 0.05) is 18.7 Å². The molecule has 0 fully saturated rings. The molecule has 1 aromatic carbocycles. The zero-order valence-electron chi connectivity index (χ0n) is 10.1. The van der Waals surface area contributed by atoms with Gasteiger partial charge < -0.3 is 24.4 Å². The summed E-state index contributed by atoms with van der Waals surface area (Å²) in [6, 6.07) is 2.99.